The third-order valence-corrected chi connectivity index (χ3v) is 2.26. The Kier molecular flexibility index (Phi) is 3.94. The summed E-state index contributed by atoms with van der Waals surface area (Å²) in [5.74, 6) is -6.41. The average Bonchev–Trinajstić information content (AvgIpc) is 2.18. The Balaban J connectivity index is 3.60. The van der Waals surface area contributed by atoms with Crippen molar-refractivity contribution in [1.82, 2.24) is 0 Å². The zero-order chi connectivity index (χ0) is 11.7. The lowest BCUT2D eigenvalue weighted by atomic mass is 10.1. The molecule has 0 aliphatic carbocycles. The zero-order valence-corrected chi connectivity index (χ0v) is 10.5. The summed E-state index contributed by atoms with van der Waals surface area (Å²) in [7, 11) is 0. The van der Waals surface area contributed by atoms with E-state index in [1.54, 1.807) is 0 Å². The first-order valence-corrected chi connectivity index (χ1v) is 5.30. The number of benzene rings is 1. The summed E-state index contributed by atoms with van der Waals surface area (Å²) in [6.07, 6.45) is 1.11. The third-order valence-electron chi connectivity index (χ3n) is 1.80. The second-order valence-corrected chi connectivity index (χ2v) is 5.50. The molecule has 0 amide bonds. The van der Waals surface area contributed by atoms with Crippen molar-refractivity contribution in [1.29, 1.82) is 0 Å². The van der Waals surface area contributed by atoms with Crippen molar-refractivity contribution in [2.45, 2.75) is 6.92 Å². The van der Waals surface area contributed by atoms with Gasteiger partial charge in [0.05, 0.1) is 3.39 Å². The summed E-state index contributed by atoms with van der Waals surface area (Å²) in [6, 6.07) is 0. The van der Waals surface area contributed by atoms with E-state index in [2.05, 4.69) is 31.9 Å². The van der Waals surface area contributed by atoms with E-state index in [9.17, 15) is 17.6 Å². The molecule has 1 aromatic carbocycles. The molecule has 1 aromatic rings. The summed E-state index contributed by atoms with van der Waals surface area (Å²) >= 11 is 5.84. The molecule has 1 rings (SSSR count). The molecule has 0 aliphatic heterocycles. The van der Waals surface area contributed by atoms with Crippen molar-refractivity contribution < 1.29 is 17.6 Å². The van der Waals surface area contributed by atoms with E-state index < -0.39 is 23.3 Å². The van der Waals surface area contributed by atoms with Gasteiger partial charge < -0.3 is 0 Å². The van der Waals surface area contributed by atoms with Crippen molar-refractivity contribution in [3.05, 3.63) is 37.8 Å². The van der Waals surface area contributed by atoms with Crippen molar-refractivity contribution in [2.24, 2.45) is 0 Å². The Morgan fingerprint density at radius 2 is 1.40 bits per heavy atom. The molecule has 0 aliphatic rings. The largest absolute Gasteiger partial charge is 0.203 e. The molecule has 15 heavy (non-hydrogen) atoms. The minimum Gasteiger partial charge on any atom is -0.203 e. The van der Waals surface area contributed by atoms with Gasteiger partial charge in [0.2, 0.25) is 0 Å². The maximum Gasteiger partial charge on any atom is 0.198 e. The summed E-state index contributed by atoms with van der Waals surface area (Å²) in [5, 5.41) is 0. The maximum atomic E-state index is 13.2. The fourth-order valence-electron chi connectivity index (χ4n) is 1.04. The fourth-order valence-corrected chi connectivity index (χ4v) is 1.50. The summed E-state index contributed by atoms with van der Waals surface area (Å²) in [6.45, 7) is 1.16. The van der Waals surface area contributed by atoms with Gasteiger partial charge in [-0.05, 0) is 50.4 Å². The predicted octanol–water partition coefficient (Wildman–Crippen LogP) is 4.64. The molecular formula is C9H4Br2F4. The quantitative estimate of drug-likeness (QED) is 0.394. The average molecular weight is 348 g/mol. The molecule has 0 fully saturated rings. The second-order valence-electron chi connectivity index (χ2n) is 2.73. The van der Waals surface area contributed by atoms with E-state index in [1.807, 2.05) is 0 Å². The Labute approximate surface area is 100 Å². The van der Waals surface area contributed by atoms with Crippen LogP contribution in [0.4, 0.5) is 17.6 Å². The van der Waals surface area contributed by atoms with Gasteiger partial charge in [0.25, 0.3) is 0 Å². The van der Waals surface area contributed by atoms with Gasteiger partial charge >= 0.3 is 0 Å². The molecule has 6 heteroatoms. The molecule has 0 atom stereocenters. The lowest BCUT2D eigenvalue weighted by Gasteiger charge is -2.06. The number of hydrogen-bond acceptors (Lipinski definition) is 0. The van der Waals surface area contributed by atoms with Gasteiger partial charge in [-0.15, -0.1) is 0 Å². The maximum absolute atomic E-state index is 13.2. The minimum absolute atomic E-state index is 0.289. The Morgan fingerprint density at radius 3 is 1.87 bits per heavy atom. The first kappa shape index (κ1) is 12.7. The van der Waals surface area contributed by atoms with E-state index in [4.69, 9.17) is 0 Å². The highest BCUT2D eigenvalue weighted by atomic mass is 79.9. The van der Waals surface area contributed by atoms with Gasteiger partial charge in [-0.3, -0.25) is 0 Å². The third kappa shape index (κ3) is 2.42. The SMILES string of the molecule is Cc1c(F)c(F)c(F)c(F)c1C=C(Br)Br. The van der Waals surface area contributed by atoms with Crippen LogP contribution in [0.15, 0.2) is 3.39 Å². The highest BCUT2D eigenvalue weighted by molar-refractivity contribution is 9.28. The molecule has 0 spiro atoms. The van der Waals surface area contributed by atoms with Crippen molar-refractivity contribution in [3.8, 4) is 0 Å². The highest BCUT2D eigenvalue weighted by Gasteiger charge is 2.21. The normalized spacial score (nSPS) is 10.3. The number of halogens is 6. The van der Waals surface area contributed by atoms with E-state index >= 15 is 0 Å². The van der Waals surface area contributed by atoms with Crippen LogP contribution in [-0.4, -0.2) is 0 Å². The summed E-state index contributed by atoms with van der Waals surface area (Å²) in [5.41, 5.74) is -0.627. The molecule has 0 nitrogen and oxygen atoms in total. The second kappa shape index (κ2) is 4.65. The zero-order valence-electron chi connectivity index (χ0n) is 7.35. The lowest BCUT2D eigenvalue weighted by molar-refractivity contribution is 0.405. The van der Waals surface area contributed by atoms with Crippen LogP contribution in [0.5, 0.6) is 0 Å². The van der Waals surface area contributed by atoms with Crippen LogP contribution < -0.4 is 0 Å². The summed E-state index contributed by atoms with van der Waals surface area (Å²) < 4.78 is 52.1. The topological polar surface area (TPSA) is 0 Å². The van der Waals surface area contributed by atoms with Crippen molar-refractivity contribution >= 4 is 37.9 Å². The summed E-state index contributed by atoms with van der Waals surface area (Å²) in [4.78, 5) is 0. The first-order valence-electron chi connectivity index (χ1n) is 3.71. The number of hydrogen-bond donors (Lipinski definition) is 0. The molecule has 0 radical (unpaired) electrons. The Hall–Kier alpha value is -0.360. The van der Waals surface area contributed by atoms with Crippen LogP contribution in [0, 0.1) is 30.2 Å². The van der Waals surface area contributed by atoms with E-state index in [1.165, 1.54) is 0 Å². The Morgan fingerprint density at radius 1 is 0.933 bits per heavy atom. The van der Waals surface area contributed by atoms with Crippen LogP contribution in [-0.2, 0) is 0 Å². The fraction of sp³-hybridized carbons (Fsp3) is 0.111. The molecule has 0 saturated heterocycles. The molecule has 0 heterocycles. The van der Waals surface area contributed by atoms with Gasteiger partial charge in [0, 0.05) is 5.56 Å². The molecule has 0 aromatic heterocycles. The minimum atomic E-state index is -1.81. The van der Waals surface area contributed by atoms with Gasteiger partial charge in [-0.1, -0.05) is 0 Å². The van der Waals surface area contributed by atoms with Gasteiger partial charge in [-0.25, -0.2) is 17.6 Å². The predicted molar refractivity (Wildman–Crippen MR) is 56.8 cm³/mol. The van der Waals surface area contributed by atoms with Crippen LogP contribution in [0.25, 0.3) is 6.08 Å². The van der Waals surface area contributed by atoms with E-state index in [-0.39, 0.29) is 11.1 Å². The molecule has 0 unspecified atom stereocenters. The number of rotatable bonds is 1. The molecule has 0 bridgehead atoms. The molecular weight excluding hydrogens is 344 g/mol. The lowest BCUT2D eigenvalue weighted by Crippen LogP contribution is -2.02. The van der Waals surface area contributed by atoms with E-state index in [0.29, 0.717) is 3.39 Å². The first-order chi connectivity index (χ1) is 6.86. The van der Waals surface area contributed by atoms with Gasteiger partial charge in [0.1, 0.15) is 0 Å². The van der Waals surface area contributed by atoms with Crippen LogP contribution in [0.3, 0.4) is 0 Å². The van der Waals surface area contributed by atoms with Crippen molar-refractivity contribution in [2.75, 3.05) is 0 Å². The molecule has 0 saturated carbocycles. The van der Waals surface area contributed by atoms with Crippen molar-refractivity contribution in [3.63, 3.8) is 0 Å². The smallest absolute Gasteiger partial charge is 0.198 e. The monoisotopic (exact) mass is 346 g/mol. The highest BCUT2D eigenvalue weighted by Crippen LogP contribution is 2.27. The molecule has 0 N–H and O–H groups in total. The standard InChI is InChI=1S/C9H4Br2F4/c1-3-4(2-5(10)11)7(13)9(15)8(14)6(3)12/h2H,1H3. The van der Waals surface area contributed by atoms with Gasteiger partial charge in [0.15, 0.2) is 23.3 Å². The Bertz CT molecular complexity index is 407. The van der Waals surface area contributed by atoms with Gasteiger partial charge in [-0.2, -0.15) is 0 Å². The van der Waals surface area contributed by atoms with E-state index in [0.717, 1.165) is 13.0 Å². The molecule has 82 valence electrons. The van der Waals surface area contributed by atoms with Crippen LogP contribution in [0.1, 0.15) is 11.1 Å². The van der Waals surface area contributed by atoms with Crippen LogP contribution in [0.2, 0.25) is 0 Å². The van der Waals surface area contributed by atoms with Crippen LogP contribution >= 0.6 is 31.9 Å².